The molecule has 3 heteroatoms. The molecule has 0 saturated carbocycles. The lowest BCUT2D eigenvalue weighted by Crippen LogP contribution is -1.92. The van der Waals surface area contributed by atoms with Gasteiger partial charge >= 0.3 is 0 Å². The topological polar surface area (TPSA) is 35.8 Å². The van der Waals surface area contributed by atoms with Gasteiger partial charge in [-0.1, -0.05) is 23.7 Å². The molecule has 0 bridgehead atoms. The van der Waals surface area contributed by atoms with E-state index in [0.29, 0.717) is 10.6 Å². The molecule has 0 spiro atoms. The molecule has 2 nitrogen and oxygen atoms in total. The molecular formula is C13H9ClN2. The number of rotatable bonds is 2. The summed E-state index contributed by atoms with van der Waals surface area (Å²) in [7, 11) is 0. The van der Waals surface area contributed by atoms with Gasteiger partial charge in [-0.3, -0.25) is 0 Å². The lowest BCUT2D eigenvalue weighted by atomic mass is 10.2. The van der Waals surface area contributed by atoms with Crippen LogP contribution in [0.5, 0.6) is 0 Å². The highest BCUT2D eigenvalue weighted by atomic mass is 35.5. The SMILES string of the molecule is N#Cc1ccccc1Nc1ccc(Cl)cc1. The molecular weight excluding hydrogens is 220 g/mol. The fourth-order valence-corrected chi connectivity index (χ4v) is 1.50. The van der Waals surface area contributed by atoms with Crippen LogP contribution in [0.25, 0.3) is 0 Å². The maximum Gasteiger partial charge on any atom is 0.101 e. The molecule has 0 fully saturated rings. The third-order valence-electron chi connectivity index (χ3n) is 2.17. The van der Waals surface area contributed by atoms with Gasteiger partial charge in [0.15, 0.2) is 0 Å². The van der Waals surface area contributed by atoms with Crippen molar-refractivity contribution in [1.29, 1.82) is 5.26 Å². The summed E-state index contributed by atoms with van der Waals surface area (Å²) in [6, 6.07) is 16.9. The molecule has 78 valence electrons. The molecule has 0 aliphatic heterocycles. The summed E-state index contributed by atoms with van der Waals surface area (Å²) in [4.78, 5) is 0. The Morgan fingerprint density at radius 1 is 1.00 bits per heavy atom. The van der Waals surface area contributed by atoms with Crippen molar-refractivity contribution in [2.75, 3.05) is 5.32 Å². The molecule has 0 atom stereocenters. The van der Waals surface area contributed by atoms with Gasteiger partial charge in [-0.15, -0.1) is 0 Å². The van der Waals surface area contributed by atoms with Crippen molar-refractivity contribution in [2.45, 2.75) is 0 Å². The molecule has 16 heavy (non-hydrogen) atoms. The number of benzene rings is 2. The van der Waals surface area contributed by atoms with Gasteiger partial charge in [-0.05, 0) is 36.4 Å². The molecule has 0 aromatic heterocycles. The minimum absolute atomic E-state index is 0.623. The van der Waals surface area contributed by atoms with E-state index in [1.54, 1.807) is 18.2 Å². The van der Waals surface area contributed by atoms with Crippen molar-refractivity contribution in [1.82, 2.24) is 0 Å². The van der Waals surface area contributed by atoms with E-state index in [1.165, 1.54) is 0 Å². The summed E-state index contributed by atoms with van der Waals surface area (Å²) in [5, 5.41) is 12.8. The lowest BCUT2D eigenvalue weighted by Gasteiger charge is -2.07. The lowest BCUT2D eigenvalue weighted by molar-refractivity contribution is 1.46. The smallest absolute Gasteiger partial charge is 0.101 e. The quantitative estimate of drug-likeness (QED) is 0.845. The summed E-state index contributed by atoms with van der Waals surface area (Å²) in [6.45, 7) is 0. The number of para-hydroxylation sites is 1. The van der Waals surface area contributed by atoms with Gasteiger partial charge < -0.3 is 5.32 Å². The number of hydrogen-bond donors (Lipinski definition) is 1. The van der Waals surface area contributed by atoms with Crippen LogP contribution in [0.1, 0.15) is 5.56 Å². The van der Waals surface area contributed by atoms with E-state index in [9.17, 15) is 0 Å². The largest absolute Gasteiger partial charge is 0.354 e. The third-order valence-corrected chi connectivity index (χ3v) is 2.42. The summed E-state index contributed by atoms with van der Waals surface area (Å²) in [6.07, 6.45) is 0. The van der Waals surface area contributed by atoms with Crippen LogP contribution in [-0.4, -0.2) is 0 Å². The fourth-order valence-electron chi connectivity index (χ4n) is 1.38. The first-order chi connectivity index (χ1) is 7.79. The van der Waals surface area contributed by atoms with E-state index < -0.39 is 0 Å². The zero-order valence-corrected chi connectivity index (χ0v) is 9.20. The van der Waals surface area contributed by atoms with E-state index >= 15 is 0 Å². The Hall–Kier alpha value is -1.98. The van der Waals surface area contributed by atoms with Crippen molar-refractivity contribution >= 4 is 23.0 Å². The van der Waals surface area contributed by atoms with Gasteiger partial charge in [-0.25, -0.2) is 0 Å². The number of anilines is 2. The molecule has 0 heterocycles. The Morgan fingerprint density at radius 2 is 1.69 bits per heavy atom. The summed E-state index contributed by atoms with van der Waals surface area (Å²) < 4.78 is 0. The summed E-state index contributed by atoms with van der Waals surface area (Å²) in [5.74, 6) is 0. The van der Waals surface area contributed by atoms with Gasteiger partial charge in [0.05, 0.1) is 11.3 Å². The maximum absolute atomic E-state index is 8.93. The van der Waals surface area contributed by atoms with Gasteiger partial charge in [0.1, 0.15) is 6.07 Å². The highest BCUT2D eigenvalue weighted by Gasteiger charge is 2.00. The minimum atomic E-state index is 0.623. The van der Waals surface area contributed by atoms with Gasteiger partial charge in [0, 0.05) is 10.7 Å². The van der Waals surface area contributed by atoms with Crippen molar-refractivity contribution in [3.8, 4) is 6.07 Å². The average molecular weight is 229 g/mol. The standard InChI is InChI=1S/C13H9ClN2/c14-11-5-7-12(8-6-11)16-13-4-2-1-3-10(13)9-15/h1-8,16H. The van der Waals surface area contributed by atoms with Crippen LogP contribution in [0.15, 0.2) is 48.5 Å². The van der Waals surface area contributed by atoms with Crippen LogP contribution in [0, 0.1) is 11.3 Å². The van der Waals surface area contributed by atoms with Crippen molar-refractivity contribution < 1.29 is 0 Å². The number of nitrogens with one attached hydrogen (secondary N) is 1. The van der Waals surface area contributed by atoms with Crippen LogP contribution in [0.4, 0.5) is 11.4 Å². The summed E-state index contributed by atoms with van der Waals surface area (Å²) in [5.41, 5.74) is 2.33. The molecule has 0 unspecified atom stereocenters. The Labute approximate surface area is 99.1 Å². The molecule has 0 saturated heterocycles. The zero-order chi connectivity index (χ0) is 11.4. The molecule has 2 aromatic carbocycles. The predicted molar refractivity (Wildman–Crippen MR) is 65.9 cm³/mol. The molecule has 0 radical (unpaired) electrons. The summed E-state index contributed by atoms with van der Waals surface area (Å²) >= 11 is 5.79. The highest BCUT2D eigenvalue weighted by molar-refractivity contribution is 6.30. The molecule has 0 aliphatic rings. The Kier molecular flexibility index (Phi) is 3.09. The van der Waals surface area contributed by atoms with Crippen LogP contribution in [0.3, 0.4) is 0 Å². The first-order valence-electron chi connectivity index (χ1n) is 4.81. The second-order valence-electron chi connectivity index (χ2n) is 3.29. The number of nitriles is 1. The second kappa shape index (κ2) is 4.69. The highest BCUT2D eigenvalue weighted by Crippen LogP contribution is 2.21. The van der Waals surface area contributed by atoms with Crippen LogP contribution in [-0.2, 0) is 0 Å². The Morgan fingerprint density at radius 3 is 2.38 bits per heavy atom. The first kappa shape index (κ1) is 10.5. The Balaban J connectivity index is 2.27. The fraction of sp³-hybridized carbons (Fsp3) is 0. The van der Waals surface area contributed by atoms with Gasteiger partial charge in [-0.2, -0.15) is 5.26 Å². The molecule has 0 aliphatic carbocycles. The maximum atomic E-state index is 8.93. The van der Waals surface area contributed by atoms with E-state index in [-0.39, 0.29) is 0 Å². The number of hydrogen-bond acceptors (Lipinski definition) is 2. The number of halogens is 1. The van der Waals surface area contributed by atoms with Crippen LogP contribution >= 0.6 is 11.6 Å². The predicted octanol–water partition coefficient (Wildman–Crippen LogP) is 3.96. The first-order valence-corrected chi connectivity index (χ1v) is 5.19. The molecule has 0 amide bonds. The van der Waals surface area contributed by atoms with Crippen molar-refractivity contribution in [3.63, 3.8) is 0 Å². The average Bonchev–Trinajstić information content (AvgIpc) is 2.33. The van der Waals surface area contributed by atoms with E-state index in [4.69, 9.17) is 16.9 Å². The monoisotopic (exact) mass is 228 g/mol. The molecule has 2 rings (SSSR count). The second-order valence-corrected chi connectivity index (χ2v) is 3.73. The molecule has 1 N–H and O–H groups in total. The van der Waals surface area contributed by atoms with E-state index in [2.05, 4.69) is 11.4 Å². The number of nitrogens with zero attached hydrogens (tertiary/aromatic N) is 1. The molecule has 2 aromatic rings. The van der Waals surface area contributed by atoms with Crippen LogP contribution in [0.2, 0.25) is 5.02 Å². The normalized spacial score (nSPS) is 9.50. The third kappa shape index (κ3) is 2.33. The van der Waals surface area contributed by atoms with E-state index in [1.807, 2.05) is 30.3 Å². The van der Waals surface area contributed by atoms with E-state index in [0.717, 1.165) is 11.4 Å². The van der Waals surface area contributed by atoms with Crippen molar-refractivity contribution in [3.05, 3.63) is 59.1 Å². The van der Waals surface area contributed by atoms with Crippen molar-refractivity contribution in [2.24, 2.45) is 0 Å². The van der Waals surface area contributed by atoms with Gasteiger partial charge in [0.25, 0.3) is 0 Å². The van der Waals surface area contributed by atoms with Gasteiger partial charge in [0.2, 0.25) is 0 Å². The Bertz CT molecular complexity index is 526. The minimum Gasteiger partial charge on any atom is -0.354 e. The van der Waals surface area contributed by atoms with Crippen LogP contribution < -0.4 is 5.32 Å². The zero-order valence-electron chi connectivity index (χ0n) is 8.44.